The molecular formula is C47H32N2O. The maximum Gasteiger partial charge on any atom is 0.135 e. The molecule has 0 bridgehead atoms. The summed E-state index contributed by atoms with van der Waals surface area (Å²) in [6.07, 6.45) is 0. The lowest BCUT2D eigenvalue weighted by Gasteiger charge is -2.28. The second-order valence-corrected chi connectivity index (χ2v) is 14.2. The molecule has 3 heteroatoms. The molecule has 2 aromatic heterocycles. The van der Waals surface area contributed by atoms with Crippen LogP contribution in [-0.4, -0.2) is 4.57 Å². The highest BCUT2D eigenvalue weighted by Crippen LogP contribution is 2.51. The predicted molar refractivity (Wildman–Crippen MR) is 210 cm³/mol. The molecule has 0 atom stereocenters. The topological polar surface area (TPSA) is 21.3 Å². The van der Waals surface area contributed by atoms with Crippen LogP contribution in [0.2, 0.25) is 0 Å². The highest BCUT2D eigenvalue weighted by molar-refractivity contribution is 6.16. The lowest BCUT2D eigenvalue weighted by atomic mass is 9.81. The van der Waals surface area contributed by atoms with Crippen LogP contribution in [0.15, 0.2) is 162 Å². The second kappa shape index (κ2) is 9.87. The van der Waals surface area contributed by atoms with Gasteiger partial charge in [-0.15, -0.1) is 0 Å². The number of furan rings is 1. The van der Waals surface area contributed by atoms with E-state index in [9.17, 15) is 0 Å². The molecule has 0 amide bonds. The number of hydrogen-bond donors (Lipinski definition) is 0. The van der Waals surface area contributed by atoms with Gasteiger partial charge in [0.1, 0.15) is 11.2 Å². The van der Waals surface area contributed by atoms with Crippen molar-refractivity contribution in [3.05, 3.63) is 169 Å². The fourth-order valence-electron chi connectivity index (χ4n) is 8.77. The number of fused-ring (bicyclic) bond motifs is 6. The van der Waals surface area contributed by atoms with Gasteiger partial charge < -0.3 is 13.9 Å². The molecule has 50 heavy (non-hydrogen) atoms. The first-order valence-corrected chi connectivity index (χ1v) is 17.4. The number of anilines is 3. The van der Waals surface area contributed by atoms with Crippen molar-refractivity contribution < 1.29 is 4.42 Å². The number of aromatic nitrogens is 1. The number of para-hydroxylation sites is 3. The Morgan fingerprint density at radius 2 is 1.14 bits per heavy atom. The third-order valence-corrected chi connectivity index (χ3v) is 11.1. The molecular weight excluding hydrogens is 609 g/mol. The van der Waals surface area contributed by atoms with Crippen molar-refractivity contribution in [3.8, 4) is 5.69 Å². The van der Waals surface area contributed by atoms with Crippen LogP contribution in [0.3, 0.4) is 0 Å². The van der Waals surface area contributed by atoms with Gasteiger partial charge in [-0.3, -0.25) is 0 Å². The largest absolute Gasteiger partial charge is 0.456 e. The lowest BCUT2D eigenvalue weighted by Crippen LogP contribution is -2.17. The molecule has 1 aliphatic rings. The summed E-state index contributed by atoms with van der Waals surface area (Å²) >= 11 is 0. The molecule has 0 radical (unpaired) electrons. The van der Waals surface area contributed by atoms with E-state index in [0.717, 1.165) is 44.7 Å². The maximum absolute atomic E-state index is 6.29. The van der Waals surface area contributed by atoms with E-state index in [1.54, 1.807) is 0 Å². The first-order valence-electron chi connectivity index (χ1n) is 17.4. The lowest BCUT2D eigenvalue weighted by molar-refractivity contribution is 0.663. The van der Waals surface area contributed by atoms with E-state index in [4.69, 9.17) is 4.42 Å². The van der Waals surface area contributed by atoms with Crippen molar-refractivity contribution in [3.63, 3.8) is 0 Å². The SMILES string of the molecule is CC1(C)c2cccc3ccc4cc(N(c5ccc6oc7ccccc7c6c5)c5ccc6c(c5)c5ccccc5n6-c5ccccc5)cc1c4c23. The molecule has 8 aromatic carbocycles. The smallest absolute Gasteiger partial charge is 0.135 e. The monoisotopic (exact) mass is 640 g/mol. The summed E-state index contributed by atoms with van der Waals surface area (Å²) in [5.74, 6) is 0. The summed E-state index contributed by atoms with van der Waals surface area (Å²) in [5, 5.41) is 10.1. The van der Waals surface area contributed by atoms with Crippen LogP contribution in [-0.2, 0) is 5.41 Å². The molecule has 236 valence electrons. The van der Waals surface area contributed by atoms with Crippen molar-refractivity contribution in [1.29, 1.82) is 0 Å². The molecule has 1 aliphatic carbocycles. The average molecular weight is 641 g/mol. The van der Waals surface area contributed by atoms with Crippen LogP contribution in [0.1, 0.15) is 25.0 Å². The van der Waals surface area contributed by atoms with Crippen molar-refractivity contribution >= 4 is 82.4 Å². The summed E-state index contributed by atoms with van der Waals surface area (Å²) in [4.78, 5) is 2.44. The Kier molecular flexibility index (Phi) is 5.45. The van der Waals surface area contributed by atoms with E-state index < -0.39 is 0 Å². The van der Waals surface area contributed by atoms with Gasteiger partial charge in [0.2, 0.25) is 0 Å². The number of rotatable bonds is 4. The van der Waals surface area contributed by atoms with Gasteiger partial charge in [-0.1, -0.05) is 98.8 Å². The van der Waals surface area contributed by atoms with Crippen LogP contribution >= 0.6 is 0 Å². The molecule has 11 rings (SSSR count). The molecule has 10 aromatic rings. The molecule has 0 saturated heterocycles. The normalized spacial score (nSPS) is 13.6. The van der Waals surface area contributed by atoms with Gasteiger partial charge in [-0.05, 0) is 105 Å². The summed E-state index contributed by atoms with van der Waals surface area (Å²) in [7, 11) is 0. The van der Waals surface area contributed by atoms with Crippen molar-refractivity contribution in [2.75, 3.05) is 4.90 Å². The van der Waals surface area contributed by atoms with E-state index in [1.807, 2.05) is 6.07 Å². The third-order valence-electron chi connectivity index (χ3n) is 11.1. The Labute approximate surface area is 289 Å². The Balaban J connectivity index is 1.20. The Hall–Kier alpha value is -6.32. The number of hydrogen-bond acceptors (Lipinski definition) is 2. The van der Waals surface area contributed by atoms with Crippen LogP contribution in [0.5, 0.6) is 0 Å². The molecule has 2 heterocycles. The minimum absolute atomic E-state index is 0.124. The van der Waals surface area contributed by atoms with Gasteiger partial charge >= 0.3 is 0 Å². The van der Waals surface area contributed by atoms with Crippen LogP contribution in [0.4, 0.5) is 17.1 Å². The molecule has 3 nitrogen and oxygen atoms in total. The van der Waals surface area contributed by atoms with Crippen molar-refractivity contribution in [2.45, 2.75) is 19.3 Å². The average Bonchev–Trinajstić information content (AvgIpc) is 3.77. The first kappa shape index (κ1) is 27.6. The van der Waals surface area contributed by atoms with Crippen molar-refractivity contribution in [1.82, 2.24) is 4.57 Å². The quantitative estimate of drug-likeness (QED) is 0.179. The third kappa shape index (κ3) is 3.69. The van der Waals surface area contributed by atoms with E-state index in [-0.39, 0.29) is 5.41 Å². The number of benzene rings is 8. The summed E-state index contributed by atoms with van der Waals surface area (Å²) in [6, 6.07) is 57.5. The van der Waals surface area contributed by atoms with E-state index in [2.05, 4.69) is 175 Å². The van der Waals surface area contributed by atoms with E-state index in [0.29, 0.717) is 0 Å². The molecule has 0 unspecified atom stereocenters. The Morgan fingerprint density at radius 3 is 2.02 bits per heavy atom. The summed E-state index contributed by atoms with van der Waals surface area (Å²) in [5.41, 5.74) is 11.4. The molecule has 0 fully saturated rings. The van der Waals surface area contributed by atoms with Gasteiger partial charge in [-0.25, -0.2) is 0 Å². The molecule has 0 N–H and O–H groups in total. The van der Waals surface area contributed by atoms with Gasteiger partial charge in [0.15, 0.2) is 0 Å². The molecule has 0 spiro atoms. The fraction of sp³-hybridized carbons (Fsp3) is 0.0638. The standard InChI is InChI=1S/C47H32N2O/c1-47(2)39-16-10-11-29-19-20-30-25-34(28-40(47)46(30)45(29)39)48(33-22-24-44-38(27-33)36-15-7-9-18-43(36)50-44)32-21-23-42-37(26-32)35-14-6-8-17-41(35)49(42)31-12-4-3-5-13-31/h3-28H,1-2H3. The second-order valence-electron chi connectivity index (χ2n) is 14.2. The highest BCUT2D eigenvalue weighted by Gasteiger charge is 2.35. The minimum Gasteiger partial charge on any atom is -0.456 e. The van der Waals surface area contributed by atoms with Crippen LogP contribution in [0.25, 0.3) is 71.0 Å². The number of nitrogens with zero attached hydrogens (tertiary/aromatic N) is 2. The Bertz CT molecular complexity index is 3020. The maximum atomic E-state index is 6.29. The highest BCUT2D eigenvalue weighted by atomic mass is 16.3. The van der Waals surface area contributed by atoms with Gasteiger partial charge in [-0.2, -0.15) is 0 Å². The van der Waals surface area contributed by atoms with E-state index in [1.165, 1.54) is 54.5 Å². The first-order chi connectivity index (χ1) is 24.5. The van der Waals surface area contributed by atoms with Gasteiger partial charge in [0.25, 0.3) is 0 Å². The zero-order valence-corrected chi connectivity index (χ0v) is 27.8. The summed E-state index contributed by atoms with van der Waals surface area (Å²) in [6.45, 7) is 4.75. The fourth-order valence-corrected chi connectivity index (χ4v) is 8.77. The predicted octanol–water partition coefficient (Wildman–Crippen LogP) is 13.1. The molecule has 0 aliphatic heterocycles. The minimum atomic E-state index is -0.124. The summed E-state index contributed by atoms with van der Waals surface area (Å²) < 4.78 is 8.66. The van der Waals surface area contributed by atoms with E-state index >= 15 is 0 Å². The zero-order valence-electron chi connectivity index (χ0n) is 27.8. The van der Waals surface area contributed by atoms with Gasteiger partial charge in [0, 0.05) is 49.7 Å². The molecule has 0 saturated carbocycles. The van der Waals surface area contributed by atoms with Crippen molar-refractivity contribution in [2.24, 2.45) is 0 Å². The van der Waals surface area contributed by atoms with Crippen LogP contribution in [0, 0.1) is 0 Å². The Morgan fingerprint density at radius 1 is 0.460 bits per heavy atom. The van der Waals surface area contributed by atoms with Crippen LogP contribution < -0.4 is 4.90 Å². The van der Waals surface area contributed by atoms with Gasteiger partial charge in [0.05, 0.1) is 11.0 Å². The zero-order chi connectivity index (χ0) is 33.1.